The van der Waals surface area contributed by atoms with Crippen LogP contribution in [-0.4, -0.2) is 44.0 Å². The van der Waals surface area contributed by atoms with E-state index >= 15 is 0 Å². The third-order valence-corrected chi connectivity index (χ3v) is 3.51. The van der Waals surface area contributed by atoms with Gasteiger partial charge in [0.15, 0.2) is 5.96 Å². The average Bonchev–Trinajstić information content (AvgIpc) is 2.49. The number of guanidine groups is 1. The number of nitrogens with zero attached hydrogens (tertiary/aromatic N) is 2. The summed E-state index contributed by atoms with van der Waals surface area (Å²) in [7, 11) is 3.47. The number of aryl methyl sites for hydroxylation is 1. The maximum Gasteiger partial charge on any atom is 0.241 e. The van der Waals surface area contributed by atoms with Crippen LogP contribution in [0.5, 0.6) is 0 Å². The van der Waals surface area contributed by atoms with E-state index in [1.807, 2.05) is 25.1 Å². The summed E-state index contributed by atoms with van der Waals surface area (Å²) in [6.45, 7) is 5.62. The van der Waals surface area contributed by atoms with Gasteiger partial charge < -0.3 is 15.5 Å². The van der Waals surface area contributed by atoms with Gasteiger partial charge in [-0.25, -0.2) is 4.99 Å². The Kier molecular flexibility index (Phi) is 11.0. The Balaban J connectivity index is 0.00000484. The number of hydrogen-bond acceptors (Lipinski definition) is 2. The standard InChI is InChI=1S/C16H25ClN4O.HI/c1-5-8-18-16(20-11-15(22)21(3)4)19-10-13-6-7-14(17)12(2)9-13;/h6-7,9H,5,8,10-11H2,1-4H3,(H2,18,19,20);1H. The second kappa shape index (κ2) is 11.5. The van der Waals surface area contributed by atoms with Crippen LogP contribution in [0.4, 0.5) is 0 Å². The van der Waals surface area contributed by atoms with Gasteiger partial charge >= 0.3 is 0 Å². The van der Waals surface area contributed by atoms with Crippen molar-refractivity contribution in [2.45, 2.75) is 26.8 Å². The first-order chi connectivity index (χ1) is 10.4. The monoisotopic (exact) mass is 452 g/mol. The molecule has 0 aliphatic heterocycles. The maximum atomic E-state index is 11.6. The van der Waals surface area contributed by atoms with Gasteiger partial charge in [-0.1, -0.05) is 30.7 Å². The van der Waals surface area contributed by atoms with E-state index in [4.69, 9.17) is 11.6 Å². The van der Waals surface area contributed by atoms with Gasteiger partial charge in [-0.05, 0) is 30.5 Å². The number of rotatable bonds is 6. The number of carbonyl (C=O) groups excluding carboxylic acids is 1. The van der Waals surface area contributed by atoms with Gasteiger partial charge in [-0.3, -0.25) is 4.79 Å². The van der Waals surface area contributed by atoms with Crippen molar-refractivity contribution in [1.82, 2.24) is 15.5 Å². The normalized spacial score (nSPS) is 10.7. The van der Waals surface area contributed by atoms with Gasteiger partial charge in [0.2, 0.25) is 5.91 Å². The second-order valence-corrected chi connectivity index (χ2v) is 5.72. The zero-order valence-electron chi connectivity index (χ0n) is 14.1. The van der Waals surface area contributed by atoms with Crippen LogP contribution in [0, 0.1) is 6.92 Å². The molecule has 5 nitrogen and oxygen atoms in total. The molecule has 23 heavy (non-hydrogen) atoms. The van der Waals surface area contributed by atoms with Crippen molar-refractivity contribution in [2.24, 2.45) is 4.99 Å². The largest absolute Gasteiger partial charge is 0.356 e. The van der Waals surface area contributed by atoms with E-state index in [9.17, 15) is 4.79 Å². The van der Waals surface area contributed by atoms with E-state index in [0.29, 0.717) is 12.5 Å². The molecule has 1 aromatic rings. The summed E-state index contributed by atoms with van der Waals surface area (Å²) in [5.74, 6) is 0.651. The van der Waals surface area contributed by atoms with Crippen molar-refractivity contribution in [2.75, 3.05) is 27.2 Å². The molecule has 0 radical (unpaired) electrons. The second-order valence-electron chi connectivity index (χ2n) is 5.32. The highest BCUT2D eigenvalue weighted by Crippen LogP contribution is 2.16. The molecule has 0 aliphatic carbocycles. The van der Waals surface area contributed by atoms with Crippen LogP contribution < -0.4 is 10.6 Å². The van der Waals surface area contributed by atoms with E-state index in [1.54, 1.807) is 19.0 Å². The molecule has 1 rings (SSSR count). The third kappa shape index (κ3) is 8.41. The SMILES string of the molecule is CCCNC(=NCc1ccc(Cl)c(C)c1)NCC(=O)N(C)C.I. The Morgan fingerprint density at radius 1 is 1.30 bits per heavy atom. The van der Waals surface area contributed by atoms with Crippen LogP contribution in [0.2, 0.25) is 5.02 Å². The highest BCUT2D eigenvalue weighted by Gasteiger charge is 2.05. The summed E-state index contributed by atoms with van der Waals surface area (Å²) < 4.78 is 0. The predicted molar refractivity (Wildman–Crippen MR) is 108 cm³/mol. The Hall–Kier alpha value is -1.02. The molecule has 2 N–H and O–H groups in total. The van der Waals surface area contributed by atoms with Crippen LogP contribution in [-0.2, 0) is 11.3 Å². The Morgan fingerprint density at radius 2 is 2.00 bits per heavy atom. The molecule has 0 saturated carbocycles. The van der Waals surface area contributed by atoms with E-state index in [-0.39, 0.29) is 36.4 Å². The number of benzene rings is 1. The lowest BCUT2D eigenvalue weighted by Gasteiger charge is -2.14. The lowest BCUT2D eigenvalue weighted by atomic mass is 10.1. The van der Waals surface area contributed by atoms with Gasteiger partial charge in [0.05, 0.1) is 13.1 Å². The lowest BCUT2D eigenvalue weighted by molar-refractivity contribution is -0.127. The molecule has 0 aliphatic rings. The van der Waals surface area contributed by atoms with Crippen LogP contribution in [0.15, 0.2) is 23.2 Å². The van der Waals surface area contributed by atoms with Gasteiger partial charge in [0.25, 0.3) is 0 Å². The molecule has 1 amide bonds. The average molecular weight is 453 g/mol. The molecule has 0 unspecified atom stereocenters. The maximum absolute atomic E-state index is 11.6. The number of nitrogens with one attached hydrogen (secondary N) is 2. The third-order valence-electron chi connectivity index (χ3n) is 3.09. The van der Waals surface area contributed by atoms with Crippen molar-refractivity contribution < 1.29 is 4.79 Å². The molecule has 0 aromatic heterocycles. The molecule has 0 saturated heterocycles. The topological polar surface area (TPSA) is 56.7 Å². The van der Waals surface area contributed by atoms with E-state index in [0.717, 1.165) is 29.1 Å². The fourth-order valence-electron chi connectivity index (χ4n) is 1.71. The van der Waals surface area contributed by atoms with Crippen molar-refractivity contribution in [3.8, 4) is 0 Å². The number of carbonyl (C=O) groups is 1. The van der Waals surface area contributed by atoms with Gasteiger partial charge in [-0.2, -0.15) is 0 Å². The highest BCUT2D eigenvalue weighted by molar-refractivity contribution is 14.0. The smallest absolute Gasteiger partial charge is 0.241 e. The Labute approximate surface area is 160 Å². The van der Waals surface area contributed by atoms with Gasteiger partial charge in [0.1, 0.15) is 0 Å². The summed E-state index contributed by atoms with van der Waals surface area (Å²) in [4.78, 5) is 17.7. The minimum atomic E-state index is 0. The number of likely N-dealkylation sites (N-methyl/N-ethyl adjacent to an activating group) is 1. The zero-order valence-corrected chi connectivity index (χ0v) is 17.2. The lowest BCUT2D eigenvalue weighted by Crippen LogP contribution is -2.43. The molecule has 0 fully saturated rings. The van der Waals surface area contributed by atoms with Crippen LogP contribution in [0.25, 0.3) is 0 Å². The van der Waals surface area contributed by atoms with Crippen molar-refractivity contribution >= 4 is 47.4 Å². The molecular weight excluding hydrogens is 427 g/mol. The first-order valence-corrected chi connectivity index (χ1v) is 7.79. The quantitative estimate of drug-likeness (QED) is 0.396. The van der Waals surface area contributed by atoms with Gasteiger partial charge in [-0.15, -0.1) is 24.0 Å². The van der Waals surface area contributed by atoms with Crippen LogP contribution in [0.1, 0.15) is 24.5 Å². The minimum absolute atomic E-state index is 0. The first-order valence-electron chi connectivity index (χ1n) is 7.41. The summed E-state index contributed by atoms with van der Waals surface area (Å²) in [5.41, 5.74) is 2.12. The summed E-state index contributed by atoms with van der Waals surface area (Å²) in [5, 5.41) is 7.01. The first kappa shape index (κ1) is 22.0. The Bertz CT molecular complexity index is 535. The number of amides is 1. The molecular formula is C16H26ClIN4O. The van der Waals surface area contributed by atoms with Crippen molar-refractivity contribution in [3.63, 3.8) is 0 Å². The van der Waals surface area contributed by atoms with Crippen LogP contribution in [0.3, 0.4) is 0 Å². The van der Waals surface area contributed by atoms with Crippen LogP contribution >= 0.6 is 35.6 Å². The predicted octanol–water partition coefficient (Wildman–Crippen LogP) is 2.80. The molecule has 0 spiro atoms. The molecule has 0 heterocycles. The molecule has 1 aromatic carbocycles. The van der Waals surface area contributed by atoms with Crippen molar-refractivity contribution in [1.29, 1.82) is 0 Å². The molecule has 0 atom stereocenters. The fourth-order valence-corrected chi connectivity index (χ4v) is 1.83. The molecule has 7 heteroatoms. The summed E-state index contributed by atoms with van der Waals surface area (Å²) in [6.07, 6.45) is 0.988. The molecule has 0 bridgehead atoms. The molecule has 130 valence electrons. The zero-order chi connectivity index (χ0) is 16.5. The Morgan fingerprint density at radius 3 is 2.57 bits per heavy atom. The summed E-state index contributed by atoms with van der Waals surface area (Å²) >= 11 is 6.02. The number of hydrogen-bond donors (Lipinski definition) is 2. The van der Waals surface area contributed by atoms with E-state index < -0.39 is 0 Å². The highest BCUT2D eigenvalue weighted by atomic mass is 127. The van der Waals surface area contributed by atoms with Crippen molar-refractivity contribution in [3.05, 3.63) is 34.3 Å². The number of halogens is 2. The van der Waals surface area contributed by atoms with Gasteiger partial charge in [0, 0.05) is 25.7 Å². The summed E-state index contributed by atoms with van der Waals surface area (Å²) in [6, 6.07) is 5.86. The minimum Gasteiger partial charge on any atom is -0.356 e. The number of aliphatic imine (C=N–C) groups is 1. The fraction of sp³-hybridized carbons (Fsp3) is 0.500. The van der Waals surface area contributed by atoms with E-state index in [2.05, 4.69) is 22.5 Å². The van der Waals surface area contributed by atoms with E-state index in [1.165, 1.54) is 0 Å².